The van der Waals surface area contributed by atoms with Crippen molar-refractivity contribution in [3.8, 4) is 0 Å². The molecule has 0 aliphatic carbocycles. The number of carbonyl (C=O) groups is 1. The Morgan fingerprint density at radius 2 is 1.43 bits per heavy atom. The van der Waals surface area contributed by atoms with E-state index in [0.29, 0.717) is 0 Å². The zero-order valence-corrected chi connectivity index (χ0v) is 2.36. The third-order valence-corrected chi connectivity index (χ3v) is 0. The molecule has 0 rings (SSSR count). The van der Waals surface area contributed by atoms with Gasteiger partial charge in [0.05, 0.1) is 0 Å². The summed E-state index contributed by atoms with van der Waals surface area (Å²) >= 11 is 0. The molecule has 0 aromatic heterocycles. The molecule has 0 aliphatic heterocycles. The molecule has 0 fully saturated rings. The van der Waals surface area contributed by atoms with E-state index in [2.05, 4.69) is 0 Å². The van der Waals surface area contributed by atoms with Gasteiger partial charge in [-0.1, -0.05) is 0 Å². The van der Waals surface area contributed by atoms with Crippen molar-refractivity contribution in [3.63, 3.8) is 0 Å². The van der Waals surface area contributed by atoms with E-state index in [9.17, 15) is 0 Å². The number of rotatable bonds is 0. The molecule has 0 radical (unpaired) electrons. The predicted octanol–water partition coefficient (Wildman–Crippen LogP) is -2.12. The SMILES string of the molecule is CC(=O)O.[CaH2].[NaH].[NaH]. The summed E-state index contributed by atoms with van der Waals surface area (Å²) in [6.45, 7) is 1.08. The first-order valence-electron chi connectivity index (χ1n) is 0.928. The van der Waals surface area contributed by atoms with Crippen LogP contribution in [0.15, 0.2) is 0 Å². The van der Waals surface area contributed by atoms with Gasteiger partial charge in [0.25, 0.3) is 5.97 Å². The van der Waals surface area contributed by atoms with E-state index in [1.807, 2.05) is 0 Å². The Hall–Kier alpha value is 2.73. The van der Waals surface area contributed by atoms with Crippen LogP contribution >= 0.6 is 0 Å². The van der Waals surface area contributed by atoms with Crippen LogP contribution in [0.25, 0.3) is 0 Å². The molecule has 0 aliphatic rings. The van der Waals surface area contributed by atoms with Gasteiger partial charge in [-0.3, -0.25) is 4.79 Å². The molecule has 32 valence electrons. The monoisotopic (exact) mass is 150 g/mol. The van der Waals surface area contributed by atoms with Gasteiger partial charge in [0, 0.05) is 6.92 Å². The quantitative estimate of drug-likeness (QED) is 0.401. The second-order valence-electron chi connectivity index (χ2n) is 0.519. The Balaban J connectivity index is -0.0000000150. The first kappa shape index (κ1) is 22.6. The summed E-state index contributed by atoms with van der Waals surface area (Å²) in [6, 6.07) is 0. The molecule has 0 heterocycles. The average molecular weight is 150 g/mol. The van der Waals surface area contributed by atoms with Crippen LogP contribution in [0, 0.1) is 0 Å². The van der Waals surface area contributed by atoms with Crippen LogP contribution in [0.4, 0.5) is 0 Å². The second-order valence-corrected chi connectivity index (χ2v) is 0.519. The minimum atomic E-state index is -0.833. The first-order chi connectivity index (χ1) is 1.73. The molecule has 5 heteroatoms. The van der Waals surface area contributed by atoms with Gasteiger partial charge in [0.15, 0.2) is 0 Å². The van der Waals surface area contributed by atoms with E-state index in [0.717, 1.165) is 6.92 Å². The molecule has 0 unspecified atom stereocenters. The zero-order valence-electron chi connectivity index (χ0n) is 2.36. The maximum absolute atomic E-state index is 9.00. The third-order valence-electron chi connectivity index (χ3n) is 0. The van der Waals surface area contributed by atoms with Crippen LogP contribution in [0.1, 0.15) is 6.92 Å². The van der Waals surface area contributed by atoms with Crippen LogP contribution in [-0.2, 0) is 4.79 Å². The Morgan fingerprint density at radius 1 is 1.43 bits per heavy atom. The molecule has 2 nitrogen and oxygen atoms in total. The van der Waals surface area contributed by atoms with Crippen molar-refractivity contribution in [2.24, 2.45) is 0 Å². The van der Waals surface area contributed by atoms with Gasteiger partial charge >= 0.3 is 96.9 Å². The van der Waals surface area contributed by atoms with Crippen molar-refractivity contribution in [1.29, 1.82) is 0 Å². The summed E-state index contributed by atoms with van der Waals surface area (Å²) in [5.41, 5.74) is 0. The molecule has 0 spiro atoms. The normalized spacial score (nSPS) is 3.57. The second kappa shape index (κ2) is 15.9. The third kappa shape index (κ3) is 53.1. The maximum atomic E-state index is 9.00. The van der Waals surface area contributed by atoms with Gasteiger partial charge < -0.3 is 5.11 Å². The molecule has 1 N–H and O–H groups in total. The topological polar surface area (TPSA) is 37.3 Å². The Morgan fingerprint density at radius 3 is 1.43 bits per heavy atom. The Labute approximate surface area is 117 Å². The molecule has 0 saturated carbocycles. The standard InChI is InChI=1S/C2H4O2.Ca.2Na.4H/c1-2(3)4;;;;;;;/h1H3,(H,3,4);;;;;;;. The fourth-order valence-electron chi connectivity index (χ4n) is 0. The summed E-state index contributed by atoms with van der Waals surface area (Å²) in [6.07, 6.45) is 0. The molecule has 7 heavy (non-hydrogen) atoms. The van der Waals surface area contributed by atoms with E-state index in [-0.39, 0.29) is 96.9 Å². The fourth-order valence-corrected chi connectivity index (χ4v) is 0. The number of aliphatic carboxylic acids is 1. The first-order valence-corrected chi connectivity index (χ1v) is 0.928. The van der Waals surface area contributed by atoms with Crippen LogP contribution in [0.2, 0.25) is 0 Å². The molecular formula is C2H8CaNa2O2. The fraction of sp³-hybridized carbons (Fsp3) is 0.500. The van der Waals surface area contributed by atoms with Crippen molar-refractivity contribution in [2.45, 2.75) is 6.92 Å². The van der Waals surface area contributed by atoms with Crippen molar-refractivity contribution in [3.05, 3.63) is 0 Å². The average Bonchev–Trinajstić information content (AvgIpc) is 0.811. The molecule has 0 atom stereocenters. The molecular weight excluding hydrogens is 142 g/mol. The van der Waals surface area contributed by atoms with E-state index in [1.165, 1.54) is 0 Å². The number of hydrogen-bond donors (Lipinski definition) is 1. The summed E-state index contributed by atoms with van der Waals surface area (Å²) in [5, 5.41) is 7.42. The number of carboxylic acids is 1. The Kier molecular flexibility index (Phi) is 51.3. The van der Waals surface area contributed by atoms with Crippen molar-refractivity contribution < 1.29 is 9.90 Å². The van der Waals surface area contributed by atoms with Gasteiger partial charge in [-0.2, -0.15) is 0 Å². The minimum absolute atomic E-state index is 0. The van der Waals surface area contributed by atoms with Crippen LogP contribution in [0.5, 0.6) is 0 Å². The summed E-state index contributed by atoms with van der Waals surface area (Å²) in [7, 11) is 0. The van der Waals surface area contributed by atoms with Crippen LogP contribution < -0.4 is 0 Å². The molecule has 0 amide bonds. The number of carboxylic acid groups (broad SMARTS) is 1. The molecule has 0 aromatic carbocycles. The van der Waals surface area contributed by atoms with E-state index < -0.39 is 5.97 Å². The summed E-state index contributed by atoms with van der Waals surface area (Å²) in [4.78, 5) is 9.00. The van der Waals surface area contributed by atoms with Gasteiger partial charge in [0.2, 0.25) is 0 Å². The van der Waals surface area contributed by atoms with Crippen LogP contribution in [-0.4, -0.2) is 108 Å². The van der Waals surface area contributed by atoms with E-state index in [4.69, 9.17) is 9.90 Å². The zero-order chi connectivity index (χ0) is 3.58. The Bertz CT molecular complexity index is 36.7. The van der Waals surface area contributed by atoms with Gasteiger partial charge in [-0.05, 0) is 0 Å². The van der Waals surface area contributed by atoms with Gasteiger partial charge in [-0.15, -0.1) is 0 Å². The summed E-state index contributed by atoms with van der Waals surface area (Å²) in [5.74, 6) is -0.833. The van der Waals surface area contributed by atoms with Crippen molar-refractivity contribution in [2.75, 3.05) is 0 Å². The van der Waals surface area contributed by atoms with Crippen LogP contribution in [0.3, 0.4) is 0 Å². The summed E-state index contributed by atoms with van der Waals surface area (Å²) < 4.78 is 0. The molecule has 0 bridgehead atoms. The van der Waals surface area contributed by atoms with E-state index >= 15 is 0 Å². The predicted molar refractivity (Wildman–Crippen MR) is 36.2 cm³/mol. The molecule has 0 saturated heterocycles. The van der Waals surface area contributed by atoms with Crippen molar-refractivity contribution >= 4 is 103 Å². The number of hydrogen-bond acceptors (Lipinski definition) is 1. The van der Waals surface area contributed by atoms with Gasteiger partial charge in [0.1, 0.15) is 0 Å². The van der Waals surface area contributed by atoms with Crippen molar-refractivity contribution in [1.82, 2.24) is 0 Å². The van der Waals surface area contributed by atoms with E-state index in [1.54, 1.807) is 0 Å². The molecule has 0 aromatic rings. The van der Waals surface area contributed by atoms with Gasteiger partial charge in [-0.25, -0.2) is 0 Å².